The molecule has 0 atom stereocenters. The number of rotatable bonds is 2. The van der Waals surface area contributed by atoms with Crippen LogP contribution >= 0.6 is 0 Å². The van der Waals surface area contributed by atoms with Crippen molar-refractivity contribution in [3.05, 3.63) is 30.1 Å². The summed E-state index contributed by atoms with van der Waals surface area (Å²) in [7, 11) is 0. The van der Waals surface area contributed by atoms with Gasteiger partial charge in [0.15, 0.2) is 0 Å². The predicted molar refractivity (Wildman–Crippen MR) is 41.6 cm³/mol. The van der Waals surface area contributed by atoms with Crippen molar-refractivity contribution < 1.29 is 0 Å². The van der Waals surface area contributed by atoms with Gasteiger partial charge in [0, 0.05) is 5.69 Å². The minimum absolute atomic E-state index is 0.684. The molecule has 1 heterocycles. The first kappa shape index (κ1) is 7.26. The van der Waals surface area contributed by atoms with Crippen LogP contribution in [0.5, 0.6) is 0 Å². The van der Waals surface area contributed by atoms with E-state index in [4.69, 9.17) is 0 Å². The molecule has 1 rings (SSSR count). The van der Waals surface area contributed by atoms with Gasteiger partial charge in [0.05, 0.1) is 6.20 Å². The number of hydrogen-bond acceptors (Lipinski definition) is 1. The van der Waals surface area contributed by atoms with E-state index in [1.807, 2.05) is 18.2 Å². The van der Waals surface area contributed by atoms with E-state index in [0.717, 1.165) is 12.1 Å². The fourth-order valence-corrected chi connectivity index (χ4v) is 0.892. The zero-order valence-electron chi connectivity index (χ0n) is 6.46. The van der Waals surface area contributed by atoms with Crippen molar-refractivity contribution in [3.8, 4) is 0 Å². The second kappa shape index (κ2) is 3.35. The maximum absolute atomic E-state index is 4.09. The molecule has 53 valence electrons. The van der Waals surface area contributed by atoms with Gasteiger partial charge in [0.1, 0.15) is 0 Å². The minimum atomic E-state index is 0.684. The number of pyridine rings is 1. The van der Waals surface area contributed by atoms with Crippen LogP contribution < -0.4 is 0 Å². The van der Waals surface area contributed by atoms with E-state index in [2.05, 4.69) is 25.0 Å². The summed E-state index contributed by atoms with van der Waals surface area (Å²) in [5.41, 5.74) is 1.14. The molecule has 0 N–H and O–H groups in total. The lowest BCUT2D eigenvalue weighted by Crippen LogP contribution is -1.95. The fourth-order valence-electron chi connectivity index (χ4n) is 0.892. The molecule has 10 heavy (non-hydrogen) atoms. The molecular weight excluding hydrogens is 122 g/mol. The topological polar surface area (TPSA) is 12.9 Å². The maximum atomic E-state index is 4.09. The zero-order chi connectivity index (χ0) is 7.40. The third kappa shape index (κ3) is 2.18. The normalized spacial score (nSPS) is 10.3. The quantitative estimate of drug-likeness (QED) is 0.603. The Labute approximate surface area is 62.1 Å². The molecule has 0 aliphatic rings. The summed E-state index contributed by atoms with van der Waals surface area (Å²) in [5.74, 6) is 0.684. The number of hydrogen-bond donors (Lipinski definition) is 0. The lowest BCUT2D eigenvalue weighted by Gasteiger charge is -2.01. The van der Waals surface area contributed by atoms with Crippen molar-refractivity contribution in [3.63, 3.8) is 0 Å². The molecule has 1 heteroatoms. The summed E-state index contributed by atoms with van der Waals surface area (Å²) in [5, 5.41) is 0. The second-order valence-corrected chi connectivity index (χ2v) is 2.86. The SMILES string of the molecule is CC(C)Cc1ccc[c]n1. The van der Waals surface area contributed by atoms with Crippen LogP contribution in [0.4, 0.5) is 0 Å². The largest absolute Gasteiger partial charge is 0.251 e. The van der Waals surface area contributed by atoms with Gasteiger partial charge in [-0.1, -0.05) is 19.9 Å². The molecule has 0 unspecified atom stereocenters. The van der Waals surface area contributed by atoms with Crippen LogP contribution in [0.25, 0.3) is 0 Å². The van der Waals surface area contributed by atoms with Crippen LogP contribution in [0, 0.1) is 12.1 Å². The maximum Gasteiger partial charge on any atom is 0.0889 e. The first-order valence-corrected chi connectivity index (χ1v) is 3.61. The summed E-state index contributed by atoms with van der Waals surface area (Å²) in [4.78, 5) is 4.09. The predicted octanol–water partition coefficient (Wildman–Crippen LogP) is 2.08. The highest BCUT2D eigenvalue weighted by atomic mass is 14.7. The van der Waals surface area contributed by atoms with Gasteiger partial charge >= 0.3 is 0 Å². The highest BCUT2D eigenvalue weighted by Gasteiger charge is 1.95. The van der Waals surface area contributed by atoms with Crippen LogP contribution in [0.2, 0.25) is 0 Å². The zero-order valence-corrected chi connectivity index (χ0v) is 6.46. The lowest BCUT2D eigenvalue weighted by molar-refractivity contribution is 0.635. The van der Waals surface area contributed by atoms with Crippen molar-refractivity contribution in [2.45, 2.75) is 20.3 Å². The van der Waals surface area contributed by atoms with Gasteiger partial charge in [-0.25, -0.2) is 0 Å². The Kier molecular flexibility index (Phi) is 2.43. The molecule has 1 nitrogen and oxygen atoms in total. The Morgan fingerprint density at radius 2 is 2.40 bits per heavy atom. The summed E-state index contributed by atoms with van der Waals surface area (Å²) in [6.07, 6.45) is 3.87. The van der Waals surface area contributed by atoms with Gasteiger partial charge in [-0.2, -0.15) is 0 Å². The molecule has 0 amide bonds. The Balaban J connectivity index is 2.59. The standard InChI is InChI=1S/C9H12N/c1-8(2)7-9-5-3-4-6-10-9/h3-5,8H,7H2,1-2H3. The van der Waals surface area contributed by atoms with Crippen LogP contribution in [0.1, 0.15) is 19.5 Å². The first-order valence-electron chi connectivity index (χ1n) is 3.61. The molecule has 0 bridgehead atoms. The smallest absolute Gasteiger partial charge is 0.0889 e. The molecule has 0 fully saturated rings. The van der Waals surface area contributed by atoms with Crippen molar-refractivity contribution >= 4 is 0 Å². The number of aromatic nitrogens is 1. The van der Waals surface area contributed by atoms with Crippen LogP contribution in [0.3, 0.4) is 0 Å². The van der Waals surface area contributed by atoms with Crippen molar-refractivity contribution in [1.29, 1.82) is 0 Å². The molecule has 0 aromatic carbocycles. The van der Waals surface area contributed by atoms with Crippen molar-refractivity contribution in [1.82, 2.24) is 4.98 Å². The average molecular weight is 134 g/mol. The van der Waals surface area contributed by atoms with E-state index in [1.54, 1.807) is 0 Å². The van der Waals surface area contributed by atoms with E-state index in [9.17, 15) is 0 Å². The second-order valence-electron chi connectivity index (χ2n) is 2.86. The molecule has 1 aromatic rings. The van der Waals surface area contributed by atoms with Crippen molar-refractivity contribution in [2.24, 2.45) is 5.92 Å². The Morgan fingerprint density at radius 3 is 2.90 bits per heavy atom. The van der Waals surface area contributed by atoms with Gasteiger partial charge < -0.3 is 0 Å². The van der Waals surface area contributed by atoms with Crippen LogP contribution in [-0.2, 0) is 6.42 Å². The van der Waals surface area contributed by atoms with E-state index < -0.39 is 0 Å². The summed E-state index contributed by atoms with van der Waals surface area (Å²) in [6.45, 7) is 4.38. The summed E-state index contributed by atoms with van der Waals surface area (Å²) >= 11 is 0. The van der Waals surface area contributed by atoms with Gasteiger partial charge in [-0.15, -0.1) is 0 Å². The molecule has 0 aliphatic heterocycles. The van der Waals surface area contributed by atoms with Crippen LogP contribution in [0.15, 0.2) is 18.2 Å². The molecule has 0 saturated carbocycles. The van der Waals surface area contributed by atoms with E-state index >= 15 is 0 Å². The molecule has 0 aliphatic carbocycles. The van der Waals surface area contributed by atoms with Crippen molar-refractivity contribution in [2.75, 3.05) is 0 Å². The average Bonchev–Trinajstić information content (AvgIpc) is 1.88. The molecule has 0 saturated heterocycles. The Bertz CT molecular complexity index is 179. The summed E-state index contributed by atoms with van der Waals surface area (Å²) in [6, 6.07) is 5.84. The lowest BCUT2D eigenvalue weighted by atomic mass is 10.1. The van der Waals surface area contributed by atoms with Gasteiger partial charge in [-0.3, -0.25) is 4.98 Å². The molecule has 1 aromatic heterocycles. The van der Waals surface area contributed by atoms with Gasteiger partial charge in [0.25, 0.3) is 0 Å². The number of nitrogens with zero attached hydrogens (tertiary/aromatic N) is 1. The summed E-state index contributed by atoms with van der Waals surface area (Å²) < 4.78 is 0. The van der Waals surface area contributed by atoms with E-state index in [1.165, 1.54) is 0 Å². The van der Waals surface area contributed by atoms with Gasteiger partial charge in [0.2, 0.25) is 0 Å². The minimum Gasteiger partial charge on any atom is -0.251 e. The van der Waals surface area contributed by atoms with Crippen LogP contribution in [-0.4, -0.2) is 4.98 Å². The van der Waals surface area contributed by atoms with E-state index in [-0.39, 0.29) is 0 Å². The third-order valence-electron chi connectivity index (χ3n) is 1.28. The van der Waals surface area contributed by atoms with Gasteiger partial charge in [-0.05, 0) is 24.5 Å². The van der Waals surface area contributed by atoms with E-state index in [0.29, 0.717) is 5.92 Å². The highest BCUT2D eigenvalue weighted by molar-refractivity contribution is 5.02. The first-order chi connectivity index (χ1) is 4.79. The molecular formula is C9H12N. The third-order valence-corrected chi connectivity index (χ3v) is 1.28. The highest BCUT2D eigenvalue weighted by Crippen LogP contribution is 2.02. The Hall–Kier alpha value is -0.850. The fraction of sp³-hybridized carbons (Fsp3) is 0.444. The molecule has 1 radical (unpaired) electrons. The Morgan fingerprint density at radius 1 is 1.60 bits per heavy atom. The molecule has 0 spiro atoms. The monoisotopic (exact) mass is 134 g/mol.